The zero-order valence-corrected chi connectivity index (χ0v) is 13.6. The van der Waals surface area contributed by atoms with Crippen molar-refractivity contribution in [1.82, 2.24) is 10.2 Å². The molecule has 1 aromatic carbocycles. The van der Waals surface area contributed by atoms with E-state index in [1.165, 1.54) is 43.2 Å². The molecule has 2 saturated carbocycles. The average Bonchev–Trinajstić information content (AvgIpc) is 3.46. The number of benzene rings is 1. The third kappa shape index (κ3) is 2.85. The fraction of sp³-hybridized carbons (Fsp3) is 0.632. The summed E-state index contributed by atoms with van der Waals surface area (Å²) in [7, 11) is 0. The SMILES string of the molecule is O=C(NC[C@H]1C[C@]12CCc1ccccc12)N(CCO)CC1CC1. The van der Waals surface area contributed by atoms with Crippen LogP contribution in [0, 0.1) is 11.8 Å². The molecule has 2 amide bonds. The largest absolute Gasteiger partial charge is 0.395 e. The lowest BCUT2D eigenvalue weighted by Gasteiger charge is -2.22. The van der Waals surface area contributed by atoms with E-state index in [1.807, 2.05) is 0 Å². The van der Waals surface area contributed by atoms with Crippen LogP contribution in [-0.4, -0.2) is 42.3 Å². The molecule has 2 atom stereocenters. The maximum absolute atomic E-state index is 12.4. The Bertz CT molecular complexity index is 599. The van der Waals surface area contributed by atoms with Crippen molar-refractivity contribution in [3.05, 3.63) is 35.4 Å². The first-order valence-electron chi connectivity index (χ1n) is 8.95. The number of amides is 2. The van der Waals surface area contributed by atoms with Crippen molar-refractivity contribution in [2.24, 2.45) is 11.8 Å². The number of nitrogens with one attached hydrogen (secondary N) is 1. The Balaban J connectivity index is 1.33. The number of carbonyl (C=O) groups excluding carboxylic acids is 1. The lowest BCUT2D eigenvalue weighted by atomic mass is 9.95. The van der Waals surface area contributed by atoms with Crippen molar-refractivity contribution in [3.63, 3.8) is 0 Å². The zero-order chi connectivity index (χ0) is 15.9. The molecule has 4 nitrogen and oxygen atoms in total. The Labute approximate surface area is 137 Å². The van der Waals surface area contributed by atoms with Gasteiger partial charge in [0.2, 0.25) is 0 Å². The second kappa shape index (κ2) is 5.82. The van der Waals surface area contributed by atoms with E-state index in [9.17, 15) is 4.79 Å². The minimum absolute atomic E-state index is 0.000665. The summed E-state index contributed by atoms with van der Waals surface area (Å²) in [5.41, 5.74) is 3.35. The number of urea groups is 1. The van der Waals surface area contributed by atoms with Crippen molar-refractivity contribution in [2.75, 3.05) is 26.2 Å². The maximum Gasteiger partial charge on any atom is 0.317 e. The highest BCUT2D eigenvalue weighted by Gasteiger charge is 2.57. The van der Waals surface area contributed by atoms with Gasteiger partial charge >= 0.3 is 6.03 Å². The Morgan fingerprint density at radius 3 is 2.96 bits per heavy atom. The summed E-state index contributed by atoms with van der Waals surface area (Å²) in [6.45, 7) is 2.05. The molecule has 23 heavy (non-hydrogen) atoms. The molecule has 0 radical (unpaired) electrons. The van der Waals surface area contributed by atoms with Crippen LogP contribution in [0.4, 0.5) is 4.79 Å². The summed E-state index contributed by atoms with van der Waals surface area (Å²) < 4.78 is 0. The molecule has 0 heterocycles. The molecule has 0 bridgehead atoms. The Morgan fingerprint density at radius 2 is 2.17 bits per heavy atom. The number of carbonyl (C=O) groups is 1. The zero-order valence-electron chi connectivity index (χ0n) is 13.6. The number of aliphatic hydroxyl groups excluding tert-OH is 1. The molecular weight excluding hydrogens is 288 g/mol. The van der Waals surface area contributed by atoms with Gasteiger partial charge in [-0.3, -0.25) is 0 Å². The van der Waals surface area contributed by atoms with Crippen molar-refractivity contribution in [1.29, 1.82) is 0 Å². The molecule has 3 aliphatic carbocycles. The molecule has 1 spiro atoms. The van der Waals surface area contributed by atoms with E-state index >= 15 is 0 Å². The first-order valence-corrected chi connectivity index (χ1v) is 8.95. The summed E-state index contributed by atoms with van der Waals surface area (Å²) in [5.74, 6) is 1.23. The minimum Gasteiger partial charge on any atom is -0.395 e. The highest BCUT2D eigenvalue weighted by molar-refractivity contribution is 5.74. The van der Waals surface area contributed by atoms with Crippen LogP contribution in [-0.2, 0) is 11.8 Å². The molecule has 3 aliphatic rings. The van der Waals surface area contributed by atoms with Crippen LogP contribution in [0.2, 0.25) is 0 Å². The maximum atomic E-state index is 12.4. The summed E-state index contributed by atoms with van der Waals surface area (Å²) in [6, 6.07) is 8.78. The van der Waals surface area contributed by atoms with Gasteiger partial charge in [0.15, 0.2) is 0 Å². The predicted molar refractivity (Wildman–Crippen MR) is 89.3 cm³/mol. The molecule has 4 heteroatoms. The lowest BCUT2D eigenvalue weighted by molar-refractivity contribution is 0.174. The summed E-state index contributed by atoms with van der Waals surface area (Å²) in [5, 5.41) is 12.3. The second-order valence-corrected chi connectivity index (χ2v) is 7.51. The van der Waals surface area contributed by atoms with E-state index in [0.29, 0.717) is 23.8 Å². The van der Waals surface area contributed by atoms with Crippen LogP contribution in [0.5, 0.6) is 0 Å². The van der Waals surface area contributed by atoms with Gasteiger partial charge in [-0.25, -0.2) is 4.79 Å². The van der Waals surface area contributed by atoms with Crippen LogP contribution in [0.1, 0.15) is 36.8 Å². The lowest BCUT2D eigenvalue weighted by Crippen LogP contribution is -2.43. The molecule has 0 unspecified atom stereocenters. The minimum atomic E-state index is -0.000665. The summed E-state index contributed by atoms with van der Waals surface area (Å²) in [4.78, 5) is 14.2. The third-order valence-corrected chi connectivity index (χ3v) is 5.96. The number of hydrogen-bond donors (Lipinski definition) is 2. The molecule has 2 fully saturated rings. The van der Waals surface area contributed by atoms with Crippen LogP contribution >= 0.6 is 0 Å². The van der Waals surface area contributed by atoms with Crippen LogP contribution in [0.3, 0.4) is 0 Å². The number of nitrogens with zero attached hydrogens (tertiary/aromatic N) is 1. The fourth-order valence-electron chi connectivity index (χ4n) is 4.33. The third-order valence-electron chi connectivity index (χ3n) is 5.96. The van der Waals surface area contributed by atoms with E-state index in [0.717, 1.165) is 13.1 Å². The standard InChI is InChI=1S/C19H26N2O2/c22-10-9-21(13-14-5-6-14)18(23)20-12-16-11-19(16)8-7-15-3-1-2-4-17(15)19/h1-4,14,16,22H,5-13H2,(H,20,23)/t16-,19-/m1/s1. The Kier molecular flexibility index (Phi) is 3.80. The van der Waals surface area contributed by atoms with Gasteiger partial charge in [-0.05, 0) is 55.1 Å². The van der Waals surface area contributed by atoms with Gasteiger partial charge in [0.05, 0.1) is 6.61 Å². The predicted octanol–water partition coefficient (Wildman–Crippen LogP) is 2.30. The highest BCUT2D eigenvalue weighted by atomic mass is 16.3. The van der Waals surface area contributed by atoms with Crippen molar-refractivity contribution in [2.45, 2.75) is 37.5 Å². The van der Waals surface area contributed by atoms with E-state index < -0.39 is 0 Å². The number of hydrogen-bond acceptors (Lipinski definition) is 2. The number of fused-ring (bicyclic) bond motifs is 2. The van der Waals surface area contributed by atoms with Gasteiger partial charge in [-0.1, -0.05) is 24.3 Å². The molecule has 2 N–H and O–H groups in total. The first kappa shape index (κ1) is 15.0. The molecule has 0 aromatic heterocycles. The average molecular weight is 314 g/mol. The van der Waals surface area contributed by atoms with Crippen molar-refractivity contribution < 1.29 is 9.90 Å². The normalized spacial score (nSPS) is 27.8. The number of rotatable bonds is 6. The van der Waals surface area contributed by atoms with Crippen molar-refractivity contribution in [3.8, 4) is 0 Å². The van der Waals surface area contributed by atoms with Crippen molar-refractivity contribution >= 4 is 6.03 Å². The summed E-state index contributed by atoms with van der Waals surface area (Å²) in [6.07, 6.45) is 6.05. The van der Waals surface area contributed by atoms with E-state index in [1.54, 1.807) is 4.90 Å². The number of aryl methyl sites for hydroxylation is 1. The fourth-order valence-corrected chi connectivity index (χ4v) is 4.33. The van der Waals surface area contributed by atoms with Crippen LogP contribution in [0.15, 0.2) is 24.3 Å². The van der Waals surface area contributed by atoms with Gasteiger partial charge in [0, 0.05) is 25.0 Å². The topological polar surface area (TPSA) is 52.6 Å². The van der Waals surface area contributed by atoms with E-state index in [-0.39, 0.29) is 12.6 Å². The molecule has 124 valence electrons. The molecule has 0 saturated heterocycles. The highest BCUT2D eigenvalue weighted by Crippen LogP contribution is 2.61. The van der Waals surface area contributed by atoms with E-state index in [4.69, 9.17) is 5.11 Å². The Morgan fingerprint density at radius 1 is 1.35 bits per heavy atom. The van der Waals surface area contributed by atoms with Gasteiger partial charge < -0.3 is 15.3 Å². The second-order valence-electron chi connectivity index (χ2n) is 7.51. The van der Waals surface area contributed by atoms with Gasteiger partial charge in [-0.15, -0.1) is 0 Å². The molecular formula is C19H26N2O2. The molecule has 4 rings (SSSR count). The summed E-state index contributed by atoms with van der Waals surface area (Å²) >= 11 is 0. The van der Waals surface area contributed by atoms with Crippen LogP contribution < -0.4 is 5.32 Å². The van der Waals surface area contributed by atoms with Gasteiger partial charge in [0.1, 0.15) is 0 Å². The van der Waals surface area contributed by atoms with Gasteiger partial charge in [-0.2, -0.15) is 0 Å². The molecule has 1 aromatic rings. The quantitative estimate of drug-likeness (QED) is 0.846. The Hall–Kier alpha value is -1.55. The monoisotopic (exact) mass is 314 g/mol. The number of aliphatic hydroxyl groups is 1. The van der Waals surface area contributed by atoms with Crippen LogP contribution in [0.25, 0.3) is 0 Å². The molecule has 0 aliphatic heterocycles. The van der Waals surface area contributed by atoms with Gasteiger partial charge in [0.25, 0.3) is 0 Å². The smallest absolute Gasteiger partial charge is 0.317 e. The van der Waals surface area contributed by atoms with E-state index in [2.05, 4.69) is 29.6 Å². The first-order chi connectivity index (χ1) is 11.2.